The van der Waals surface area contributed by atoms with Gasteiger partial charge in [0, 0.05) is 18.7 Å². The van der Waals surface area contributed by atoms with Gasteiger partial charge in [0.1, 0.15) is 11.4 Å². The van der Waals surface area contributed by atoms with Crippen molar-refractivity contribution in [1.82, 2.24) is 5.32 Å². The molecule has 2 aromatic carbocycles. The van der Waals surface area contributed by atoms with Gasteiger partial charge in [-0.05, 0) is 51.1 Å². The molecular formula is C21H25FN4O4. The second-order valence-corrected chi connectivity index (χ2v) is 7.36. The van der Waals surface area contributed by atoms with Gasteiger partial charge in [-0.25, -0.2) is 14.0 Å². The van der Waals surface area contributed by atoms with Gasteiger partial charge in [-0.1, -0.05) is 18.2 Å². The predicted molar refractivity (Wildman–Crippen MR) is 113 cm³/mol. The normalized spacial score (nSPS) is 10.7. The number of anilines is 3. The standard InChI is InChI=1S/C21H25FN4O4/c1-21(2,3)30-20(29)26-16-10-9-14(22)13-17(16)25-18(27)11-12-23-19(28)24-15-7-5-4-6-8-15/h4-10,13H,11-12H2,1-3H3,(H,25,27)(H,26,29)(H2,23,24,28). The molecule has 0 saturated heterocycles. The number of hydrogen-bond donors (Lipinski definition) is 4. The van der Waals surface area contributed by atoms with Crippen molar-refractivity contribution in [1.29, 1.82) is 0 Å². The summed E-state index contributed by atoms with van der Waals surface area (Å²) in [7, 11) is 0. The lowest BCUT2D eigenvalue weighted by Gasteiger charge is -2.20. The van der Waals surface area contributed by atoms with Gasteiger partial charge in [0.25, 0.3) is 0 Å². The van der Waals surface area contributed by atoms with Crippen LogP contribution in [0.1, 0.15) is 27.2 Å². The molecule has 0 aliphatic heterocycles. The summed E-state index contributed by atoms with van der Waals surface area (Å²) in [5.74, 6) is -1.05. The number of amides is 4. The van der Waals surface area contributed by atoms with Gasteiger partial charge in [-0.3, -0.25) is 10.1 Å². The molecule has 0 saturated carbocycles. The molecule has 0 atom stereocenters. The Morgan fingerprint density at radius 3 is 2.30 bits per heavy atom. The van der Waals surface area contributed by atoms with Crippen molar-refractivity contribution in [3.05, 3.63) is 54.3 Å². The number of ether oxygens (including phenoxy) is 1. The van der Waals surface area contributed by atoms with E-state index in [1.54, 1.807) is 45.0 Å². The Morgan fingerprint density at radius 1 is 0.933 bits per heavy atom. The number of carbonyl (C=O) groups is 3. The largest absolute Gasteiger partial charge is 0.444 e. The Labute approximate surface area is 174 Å². The Bertz CT molecular complexity index is 898. The number of benzene rings is 2. The number of para-hydroxylation sites is 1. The van der Waals surface area contributed by atoms with E-state index >= 15 is 0 Å². The van der Waals surface area contributed by atoms with Gasteiger partial charge < -0.3 is 20.7 Å². The topological polar surface area (TPSA) is 109 Å². The monoisotopic (exact) mass is 416 g/mol. The van der Waals surface area contributed by atoms with Gasteiger partial charge in [0.15, 0.2) is 0 Å². The first-order valence-corrected chi connectivity index (χ1v) is 9.32. The van der Waals surface area contributed by atoms with Gasteiger partial charge in [-0.15, -0.1) is 0 Å². The van der Waals surface area contributed by atoms with Gasteiger partial charge in [0.2, 0.25) is 5.91 Å². The Morgan fingerprint density at radius 2 is 1.63 bits per heavy atom. The van der Waals surface area contributed by atoms with Gasteiger partial charge in [0.05, 0.1) is 11.4 Å². The van der Waals surface area contributed by atoms with Crippen molar-refractivity contribution >= 4 is 35.1 Å². The van der Waals surface area contributed by atoms with E-state index in [-0.39, 0.29) is 24.3 Å². The summed E-state index contributed by atoms with van der Waals surface area (Å²) in [5, 5.41) is 10.2. The second-order valence-electron chi connectivity index (χ2n) is 7.36. The van der Waals surface area contributed by atoms with E-state index < -0.39 is 29.4 Å². The molecule has 4 N–H and O–H groups in total. The zero-order valence-corrected chi connectivity index (χ0v) is 17.0. The van der Waals surface area contributed by atoms with E-state index in [1.807, 2.05) is 6.07 Å². The van der Waals surface area contributed by atoms with E-state index in [2.05, 4.69) is 21.3 Å². The van der Waals surface area contributed by atoms with Crippen molar-refractivity contribution in [2.24, 2.45) is 0 Å². The first-order valence-electron chi connectivity index (χ1n) is 9.32. The van der Waals surface area contributed by atoms with Crippen LogP contribution in [0.2, 0.25) is 0 Å². The van der Waals surface area contributed by atoms with Gasteiger partial charge >= 0.3 is 12.1 Å². The van der Waals surface area contributed by atoms with E-state index in [1.165, 1.54) is 6.07 Å². The molecule has 9 heteroatoms. The van der Waals surface area contributed by atoms with Crippen molar-refractivity contribution in [2.45, 2.75) is 32.8 Å². The molecule has 0 unspecified atom stereocenters. The molecule has 4 amide bonds. The highest BCUT2D eigenvalue weighted by atomic mass is 19.1. The zero-order valence-electron chi connectivity index (χ0n) is 17.0. The maximum absolute atomic E-state index is 13.6. The Balaban J connectivity index is 1.87. The first kappa shape index (κ1) is 22.7. The predicted octanol–water partition coefficient (Wildman–Crippen LogP) is 4.32. The smallest absolute Gasteiger partial charge is 0.412 e. The van der Waals surface area contributed by atoms with Crippen LogP contribution in [-0.2, 0) is 9.53 Å². The number of nitrogens with one attached hydrogen (secondary N) is 4. The molecule has 160 valence electrons. The van der Waals surface area contributed by atoms with Crippen LogP contribution >= 0.6 is 0 Å². The first-order chi connectivity index (χ1) is 14.1. The lowest BCUT2D eigenvalue weighted by atomic mass is 10.2. The van der Waals surface area contributed by atoms with E-state index in [9.17, 15) is 18.8 Å². The van der Waals surface area contributed by atoms with E-state index in [0.717, 1.165) is 12.1 Å². The van der Waals surface area contributed by atoms with Crippen LogP contribution in [0, 0.1) is 5.82 Å². The van der Waals surface area contributed by atoms with Crippen molar-refractivity contribution in [3.8, 4) is 0 Å². The molecule has 0 radical (unpaired) electrons. The number of rotatable bonds is 6. The van der Waals surface area contributed by atoms with E-state index in [0.29, 0.717) is 5.69 Å². The third-order valence-electron chi connectivity index (χ3n) is 3.56. The summed E-state index contributed by atoms with van der Waals surface area (Å²) in [6.07, 6.45) is -0.784. The van der Waals surface area contributed by atoms with Crippen LogP contribution in [0.3, 0.4) is 0 Å². The highest BCUT2D eigenvalue weighted by molar-refractivity contribution is 5.98. The molecule has 0 spiro atoms. The molecule has 0 aliphatic carbocycles. The lowest BCUT2D eigenvalue weighted by molar-refractivity contribution is -0.116. The number of carbonyl (C=O) groups excluding carboxylic acids is 3. The lowest BCUT2D eigenvalue weighted by Crippen LogP contribution is -2.31. The fourth-order valence-corrected chi connectivity index (χ4v) is 2.34. The molecule has 8 nitrogen and oxygen atoms in total. The minimum Gasteiger partial charge on any atom is -0.444 e. The summed E-state index contributed by atoms with van der Waals surface area (Å²) >= 11 is 0. The summed E-state index contributed by atoms with van der Waals surface area (Å²) in [4.78, 5) is 36.0. The SMILES string of the molecule is CC(C)(C)OC(=O)Nc1ccc(F)cc1NC(=O)CCNC(=O)Nc1ccccc1. The summed E-state index contributed by atoms with van der Waals surface area (Å²) in [6.45, 7) is 5.19. The number of urea groups is 1. The zero-order chi connectivity index (χ0) is 22.1. The minimum absolute atomic E-state index is 0.0510. The highest BCUT2D eigenvalue weighted by Gasteiger charge is 2.18. The second kappa shape index (κ2) is 10.2. The number of halogens is 1. The average Bonchev–Trinajstić information content (AvgIpc) is 2.63. The molecule has 2 aromatic rings. The maximum atomic E-state index is 13.6. The Kier molecular flexibility index (Phi) is 7.74. The quantitative estimate of drug-likeness (QED) is 0.562. The van der Waals surface area contributed by atoms with Crippen LogP contribution in [0.4, 0.5) is 31.0 Å². The summed E-state index contributed by atoms with van der Waals surface area (Å²) in [5.41, 5.74) is 0.185. The molecule has 30 heavy (non-hydrogen) atoms. The summed E-state index contributed by atoms with van der Waals surface area (Å²) in [6, 6.07) is 12.0. The van der Waals surface area contributed by atoms with Crippen LogP contribution < -0.4 is 21.3 Å². The average molecular weight is 416 g/mol. The molecule has 0 bridgehead atoms. The molecular weight excluding hydrogens is 391 g/mol. The molecule has 0 aliphatic rings. The molecule has 0 fully saturated rings. The Hall–Kier alpha value is -3.62. The van der Waals surface area contributed by atoms with Crippen molar-refractivity contribution < 1.29 is 23.5 Å². The van der Waals surface area contributed by atoms with Crippen molar-refractivity contribution in [3.63, 3.8) is 0 Å². The minimum atomic E-state index is -0.733. The van der Waals surface area contributed by atoms with Crippen LogP contribution in [-0.4, -0.2) is 30.2 Å². The highest BCUT2D eigenvalue weighted by Crippen LogP contribution is 2.24. The number of hydrogen-bond acceptors (Lipinski definition) is 4. The van der Waals surface area contributed by atoms with Crippen LogP contribution in [0.5, 0.6) is 0 Å². The third kappa shape index (κ3) is 8.17. The third-order valence-corrected chi connectivity index (χ3v) is 3.56. The van der Waals surface area contributed by atoms with Gasteiger partial charge in [-0.2, -0.15) is 0 Å². The van der Waals surface area contributed by atoms with Crippen LogP contribution in [0.25, 0.3) is 0 Å². The fourth-order valence-electron chi connectivity index (χ4n) is 2.34. The van der Waals surface area contributed by atoms with Crippen molar-refractivity contribution in [2.75, 3.05) is 22.5 Å². The maximum Gasteiger partial charge on any atom is 0.412 e. The van der Waals surface area contributed by atoms with E-state index in [4.69, 9.17) is 4.74 Å². The van der Waals surface area contributed by atoms with Crippen LogP contribution in [0.15, 0.2) is 48.5 Å². The fraction of sp³-hybridized carbons (Fsp3) is 0.286. The molecule has 0 aromatic heterocycles. The molecule has 2 rings (SSSR count). The molecule has 0 heterocycles. The summed E-state index contributed by atoms with van der Waals surface area (Å²) < 4.78 is 18.8.